The average Bonchev–Trinajstić information content (AvgIpc) is 3.21. The Hall–Kier alpha value is -3.62. The number of amides is 2. The molecule has 0 radical (unpaired) electrons. The van der Waals surface area contributed by atoms with Crippen molar-refractivity contribution in [1.82, 2.24) is 15.1 Å². The van der Waals surface area contributed by atoms with Gasteiger partial charge in [-0.3, -0.25) is 14.3 Å². The van der Waals surface area contributed by atoms with Crippen molar-refractivity contribution < 1.29 is 22.8 Å². The number of hydrogen-bond donors (Lipinski definition) is 1. The summed E-state index contributed by atoms with van der Waals surface area (Å²) in [5, 5.41) is 6.98. The Bertz CT molecular complexity index is 1110. The second-order valence-corrected chi connectivity index (χ2v) is 7.33. The normalized spacial score (nSPS) is 16.2. The zero-order valence-electron chi connectivity index (χ0n) is 16.6. The van der Waals surface area contributed by atoms with Crippen molar-refractivity contribution >= 4 is 17.5 Å². The number of benzene rings is 2. The number of alkyl halides is 3. The molecular formula is C22H19F3N4O2. The van der Waals surface area contributed by atoms with Crippen molar-refractivity contribution in [2.75, 3.05) is 11.4 Å². The van der Waals surface area contributed by atoms with Gasteiger partial charge in [-0.1, -0.05) is 30.3 Å². The zero-order chi connectivity index (χ0) is 22.2. The van der Waals surface area contributed by atoms with E-state index in [9.17, 15) is 22.8 Å². The maximum atomic E-state index is 13.2. The first-order valence-corrected chi connectivity index (χ1v) is 9.64. The van der Waals surface area contributed by atoms with E-state index in [0.29, 0.717) is 5.69 Å². The summed E-state index contributed by atoms with van der Waals surface area (Å²) in [6.07, 6.45) is -3.11. The van der Waals surface area contributed by atoms with E-state index in [2.05, 4.69) is 10.4 Å². The van der Waals surface area contributed by atoms with Crippen molar-refractivity contribution in [3.05, 3.63) is 83.2 Å². The van der Waals surface area contributed by atoms with Crippen LogP contribution in [-0.4, -0.2) is 28.1 Å². The number of aromatic nitrogens is 2. The molecule has 1 N–H and O–H groups in total. The molecular weight excluding hydrogens is 409 g/mol. The number of nitrogens with one attached hydrogen (secondary N) is 1. The average molecular weight is 428 g/mol. The Balaban J connectivity index is 1.59. The number of rotatable bonds is 4. The second-order valence-electron chi connectivity index (χ2n) is 7.33. The molecule has 0 aliphatic carbocycles. The zero-order valence-corrected chi connectivity index (χ0v) is 16.6. The summed E-state index contributed by atoms with van der Waals surface area (Å²) in [6, 6.07) is 13.5. The molecule has 6 nitrogen and oxygen atoms in total. The summed E-state index contributed by atoms with van der Waals surface area (Å²) in [5.74, 6) is -0.930. The van der Waals surface area contributed by atoms with E-state index < -0.39 is 23.6 Å². The van der Waals surface area contributed by atoms with Crippen molar-refractivity contribution in [2.45, 2.75) is 25.7 Å². The molecule has 0 bridgehead atoms. The Morgan fingerprint density at radius 1 is 1.13 bits per heavy atom. The maximum Gasteiger partial charge on any atom is 0.416 e. The van der Waals surface area contributed by atoms with E-state index in [1.165, 1.54) is 27.9 Å². The predicted molar refractivity (Wildman–Crippen MR) is 108 cm³/mol. The lowest BCUT2D eigenvalue weighted by Crippen LogP contribution is -2.43. The van der Waals surface area contributed by atoms with Crippen molar-refractivity contribution in [2.24, 2.45) is 0 Å². The third kappa shape index (κ3) is 4.03. The summed E-state index contributed by atoms with van der Waals surface area (Å²) in [7, 11) is 0. The van der Waals surface area contributed by atoms with E-state index in [4.69, 9.17) is 0 Å². The summed E-state index contributed by atoms with van der Waals surface area (Å²) in [5.41, 5.74) is 0.685. The number of anilines is 1. The third-order valence-electron chi connectivity index (χ3n) is 5.15. The standard InChI is InChI=1S/C22H19F3N4O2/c1-14-13-28(17-9-7-16(8-10-17)22(23,24)25)21(31)19-18(12-27-29(14)19)20(30)26-11-15-5-3-2-4-6-15/h2-10,12,14H,11,13H2,1H3,(H,26,30). The molecule has 1 unspecified atom stereocenters. The van der Waals surface area contributed by atoms with Gasteiger partial charge in [0.15, 0.2) is 0 Å². The molecule has 1 atom stereocenters. The lowest BCUT2D eigenvalue weighted by Gasteiger charge is -2.32. The van der Waals surface area contributed by atoms with Gasteiger partial charge in [-0.25, -0.2) is 0 Å². The van der Waals surface area contributed by atoms with Gasteiger partial charge in [-0.15, -0.1) is 0 Å². The fourth-order valence-corrected chi connectivity index (χ4v) is 3.55. The van der Waals surface area contributed by atoms with Gasteiger partial charge in [0.05, 0.1) is 23.4 Å². The highest BCUT2D eigenvalue weighted by Crippen LogP contribution is 2.32. The number of carbonyl (C=O) groups excluding carboxylic acids is 2. The minimum atomic E-state index is -4.46. The van der Waals surface area contributed by atoms with Gasteiger partial charge < -0.3 is 10.2 Å². The number of halogens is 3. The molecule has 160 valence electrons. The van der Waals surface area contributed by atoms with Gasteiger partial charge in [0.1, 0.15) is 5.69 Å². The Kier molecular flexibility index (Phi) is 5.26. The topological polar surface area (TPSA) is 67.2 Å². The van der Waals surface area contributed by atoms with Crippen molar-refractivity contribution in [1.29, 1.82) is 0 Å². The van der Waals surface area contributed by atoms with E-state index in [1.54, 1.807) is 0 Å². The van der Waals surface area contributed by atoms with E-state index in [1.807, 2.05) is 37.3 Å². The molecule has 0 fully saturated rings. The Morgan fingerprint density at radius 2 is 1.81 bits per heavy atom. The van der Waals surface area contributed by atoms with Crippen LogP contribution >= 0.6 is 0 Å². The molecule has 1 aliphatic rings. The monoisotopic (exact) mass is 428 g/mol. The first kappa shape index (κ1) is 20.6. The van der Waals surface area contributed by atoms with E-state index in [-0.39, 0.29) is 30.4 Å². The maximum absolute atomic E-state index is 13.2. The summed E-state index contributed by atoms with van der Waals surface area (Å²) in [4.78, 5) is 27.3. The fraction of sp³-hybridized carbons (Fsp3) is 0.227. The highest BCUT2D eigenvalue weighted by atomic mass is 19.4. The van der Waals surface area contributed by atoms with Gasteiger partial charge in [0.2, 0.25) is 0 Å². The van der Waals surface area contributed by atoms with Gasteiger partial charge >= 0.3 is 6.18 Å². The molecule has 31 heavy (non-hydrogen) atoms. The number of fused-ring (bicyclic) bond motifs is 1. The van der Waals surface area contributed by atoms with Crippen LogP contribution in [0, 0.1) is 0 Å². The molecule has 0 saturated carbocycles. The second kappa shape index (κ2) is 7.90. The van der Waals surface area contributed by atoms with Crippen molar-refractivity contribution in [3.8, 4) is 0 Å². The quantitative estimate of drug-likeness (QED) is 0.682. The lowest BCUT2D eigenvalue weighted by atomic mass is 10.1. The largest absolute Gasteiger partial charge is 0.416 e. The minimum absolute atomic E-state index is 0.115. The van der Waals surface area contributed by atoms with Crippen LogP contribution < -0.4 is 10.2 Å². The third-order valence-corrected chi connectivity index (χ3v) is 5.15. The Morgan fingerprint density at radius 3 is 2.45 bits per heavy atom. The SMILES string of the molecule is CC1CN(c2ccc(C(F)(F)F)cc2)C(=O)c2c(C(=O)NCc3ccccc3)cnn21. The van der Waals surface area contributed by atoms with Crippen LogP contribution in [0.1, 0.15) is 44.9 Å². The molecule has 0 saturated heterocycles. The van der Waals surface area contributed by atoms with Gasteiger partial charge in [0, 0.05) is 18.8 Å². The van der Waals surface area contributed by atoms with Gasteiger partial charge in [-0.2, -0.15) is 18.3 Å². The molecule has 9 heteroatoms. The van der Waals surface area contributed by atoms with Crippen LogP contribution in [0.2, 0.25) is 0 Å². The molecule has 0 spiro atoms. The molecule has 3 aromatic rings. The summed E-state index contributed by atoms with van der Waals surface area (Å²) < 4.78 is 40.1. The first-order valence-electron chi connectivity index (χ1n) is 9.64. The minimum Gasteiger partial charge on any atom is -0.348 e. The molecule has 1 aromatic heterocycles. The number of nitrogens with zero attached hydrogens (tertiary/aromatic N) is 3. The van der Waals surface area contributed by atoms with Crippen LogP contribution in [0.3, 0.4) is 0 Å². The van der Waals surface area contributed by atoms with Crippen LogP contribution in [-0.2, 0) is 12.7 Å². The number of carbonyl (C=O) groups is 2. The lowest BCUT2D eigenvalue weighted by molar-refractivity contribution is -0.137. The van der Waals surface area contributed by atoms with E-state index in [0.717, 1.165) is 17.7 Å². The van der Waals surface area contributed by atoms with Crippen LogP contribution in [0.5, 0.6) is 0 Å². The molecule has 4 rings (SSSR count). The highest BCUT2D eigenvalue weighted by molar-refractivity contribution is 6.12. The highest BCUT2D eigenvalue weighted by Gasteiger charge is 2.36. The molecule has 2 amide bonds. The van der Waals surface area contributed by atoms with Crippen molar-refractivity contribution in [3.63, 3.8) is 0 Å². The molecule has 1 aliphatic heterocycles. The summed E-state index contributed by atoms with van der Waals surface area (Å²) in [6.45, 7) is 2.34. The molecule has 2 heterocycles. The van der Waals surface area contributed by atoms with Crippen LogP contribution in [0.15, 0.2) is 60.8 Å². The first-order chi connectivity index (χ1) is 14.8. The summed E-state index contributed by atoms with van der Waals surface area (Å²) >= 11 is 0. The van der Waals surface area contributed by atoms with Gasteiger partial charge in [0.25, 0.3) is 11.8 Å². The van der Waals surface area contributed by atoms with E-state index >= 15 is 0 Å². The predicted octanol–water partition coefficient (Wildman–Crippen LogP) is 4.05. The fourth-order valence-electron chi connectivity index (χ4n) is 3.55. The molecule has 2 aromatic carbocycles. The Labute approximate surface area is 176 Å². The smallest absolute Gasteiger partial charge is 0.348 e. The van der Waals surface area contributed by atoms with Crippen LogP contribution in [0.25, 0.3) is 0 Å². The number of hydrogen-bond acceptors (Lipinski definition) is 3. The van der Waals surface area contributed by atoms with Gasteiger partial charge in [-0.05, 0) is 36.8 Å². The van der Waals surface area contributed by atoms with Crippen LogP contribution in [0.4, 0.5) is 18.9 Å².